The molecule has 0 spiro atoms. The van der Waals surface area contributed by atoms with Crippen LogP contribution in [0.3, 0.4) is 0 Å². The molecule has 0 unspecified atom stereocenters. The molecule has 4 rings (SSSR count). The molecule has 7 nitrogen and oxygen atoms in total. The molecule has 0 atom stereocenters. The van der Waals surface area contributed by atoms with Crippen LogP contribution in [0.4, 0.5) is 11.5 Å². The van der Waals surface area contributed by atoms with E-state index in [2.05, 4.69) is 34.6 Å². The molecule has 1 aliphatic carbocycles. The molecule has 33 heavy (non-hydrogen) atoms. The molecule has 1 fully saturated rings. The summed E-state index contributed by atoms with van der Waals surface area (Å²) in [5.74, 6) is 0.400. The van der Waals surface area contributed by atoms with Crippen LogP contribution in [0.5, 0.6) is 0 Å². The molecular formula is C25H29ClN4O3. The number of furan rings is 1. The molecule has 1 aromatic carbocycles. The lowest BCUT2D eigenvalue weighted by atomic mass is 9.81. The number of rotatable bonds is 6. The van der Waals surface area contributed by atoms with Crippen molar-refractivity contribution in [3.8, 4) is 0 Å². The normalized spacial score (nSPS) is 18.5. The summed E-state index contributed by atoms with van der Waals surface area (Å²) in [5.41, 5.74) is 1.87. The summed E-state index contributed by atoms with van der Waals surface area (Å²) < 4.78 is 5.95. The third kappa shape index (κ3) is 5.37. The third-order valence-electron chi connectivity index (χ3n) is 6.18. The van der Waals surface area contributed by atoms with E-state index < -0.39 is 5.91 Å². The number of fused-ring (bicyclic) bond motifs is 1. The molecule has 0 saturated heterocycles. The average Bonchev–Trinajstić information content (AvgIpc) is 3.15. The highest BCUT2D eigenvalue weighted by atomic mass is 35.5. The fourth-order valence-corrected chi connectivity index (χ4v) is 4.63. The predicted molar refractivity (Wildman–Crippen MR) is 131 cm³/mol. The maximum atomic E-state index is 13.2. The van der Waals surface area contributed by atoms with Gasteiger partial charge in [-0.1, -0.05) is 23.7 Å². The van der Waals surface area contributed by atoms with E-state index in [1.54, 1.807) is 12.1 Å². The Morgan fingerprint density at radius 2 is 1.88 bits per heavy atom. The maximum absolute atomic E-state index is 13.2. The number of aromatic nitrogens is 1. The number of benzene rings is 1. The fourth-order valence-electron chi connectivity index (χ4n) is 4.52. The number of nitrogens with zero attached hydrogens (tertiary/aromatic N) is 2. The van der Waals surface area contributed by atoms with Crippen molar-refractivity contribution < 1.29 is 14.0 Å². The second kappa shape index (κ2) is 9.93. The van der Waals surface area contributed by atoms with Gasteiger partial charge in [-0.05, 0) is 76.4 Å². The average molecular weight is 469 g/mol. The molecule has 2 amide bonds. The van der Waals surface area contributed by atoms with Crippen molar-refractivity contribution in [3.05, 3.63) is 52.9 Å². The Morgan fingerprint density at radius 1 is 1.12 bits per heavy atom. The van der Waals surface area contributed by atoms with Gasteiger partial charge in [-0.3, -0.25) is 9.59 Å². The van der Waals surface area contributed by atoms with Gasteiger partial charge in [0.05, 0.1) is 5.02 Å². The quantitative estimate of drug-likeness (QED) is 0.509. The van der Waals surface area contributed by atoms with Gasteiger partial charge in [0.25, 0.3) is 5.91 Å². The summed E-state index contributed by atoms with van der Waals surface area (Å²) in [6, 6.07) is 8.90. The summed E-state index contributed by atoms with van der Waals surface area (Å²) in [6.45, 7) is 2.95. The Kier molecular flexibility index (Phi) is 7.00. The number of nitrogens with one attached hydrogen (secondary N) is 2. The molecule has 0 aliphatic heterocycles. The van der Waals surface area contributed by atoms with Gasteiger partial charge in [0.15, 0.2) is 0 Å². The zero-order chi connectivity index (χ0) is 23.5. The monoisotopic (exact) mass is 468 g/mol. The first kappa shape index (κ1) is 23.3. The molecule has 2 N–H and O–H groups in total. The lowest BCUT2D eigenvalue weighted by Gasteiger charge is -2.29. The molecule has 0 radical (unpaired) electrons. The van der Waals surface area contributed by atoms with E-state index in [1.165, 1.54) is 6.20 Å². The van der Waals surface area contributed by atoms with Crippen LogP contribution in [0.2, 0.25) is 5.02 Å². The highest BCUT2D eigenvalue weighted by Gasteiger charge is 2.29. The van der Waals surface area contributed by atoms with Crippen molar-refractivity contribution in [1.29, 1.82) is 0 Å². The number of hydrogen-bond acceptors (Lipinski definition) is 5. The topological polar surface area (TPSA) is 87.5 Å². The highest BCUT2D eigenvalue weighted by Crippen LogP contribution is 2.35. The van der Waals surface area contributed by atoms with Gasteiger partial charge in [-0.15, -0.1) is 0 Å². The number of hydrogen-bond donors (Lipinski definition) is 2. The van der Waals surface area contributed by atoms with Crippen molar-refractivity contribution in [2.24, 2.45) is 11.8 Å². The number of carbonyl (C=O) groups excluding carboxylic acids is 2. The van der Waals surface area contributed by atoms with E-state index in [0.29, 0.717) is 33.4 Å². The van der Waals surface area contributed by atoms with Crippen LogP contribution in [-0.4, -0.2) is 42.3 Å². The Labute approximate surface area is 198 Å². The summed E-state index contributed by atoms with van der Waals surface area (Å²) in [4.78, 5) is 32.6. The first-order chi connectivity index (χ1) is 15.8. The molecule has 1 aliphatic rings. The van der Waals surface area contributed by atoms with E-state index in [-0.39, 0.29) is 17.6 Å². The minimum absolute atomic E-state index is 0.0608. The van der Waals surface area contributed by atoms with E-state index in [4.69, 9.17) is 16.0 Å². The standard InChI is InChI=1S/C25H29ClN4O3/c1-15-5-4-6-19-21(29-24(31)17-9-7-16(8-10-17)14-30(2)3)23(33-22(15)19)25(32)28-20-12-11-18(26)13-27-20/h4-6,11-13,16-17H,7-10,14H2,1-3H3,(H,29,31)(H,27,28,32)/t16-,17-. The molecule has 3 aromatic rings. The maximum Gasteiger partial charge on any atom is 0.294 e. The number of carbonyl (C=O) groups is 2. The molecule has 1 saturated carbocycles. The summed E-state index contributed by atoms with van der Waals surface area (Å²) in [7, 11) is 4.16. The smallest absolute Gasteiger partial charge is 0.294 e. The van der Waals surface area contributed by atoms with Crippen LogP contribution in [0.15, 0.2) is 40.9 Å². The Balaban J connectivity index is 1.56. The molecule has 174 valence electrons. The highest BCUT2D eigenvalue weighted by molar-refractivity contribution is 6.30. The van der Waals surface area contributed by atoms with Crippen LogP contribution < -0.4 is 10.6 Å². The van der Waals surface area contributed by atoms with E-state index >= 15 is 0 Å². The fraction of sp³-hybridized carbons (Fsp3) is 0.400. The SMILES string of the molecule is Cc1cccc2c(NC(=O)[C@H]3CC[C@H](CN(C)C)CC3)c(C(=O)Nc3ccc(Cl)cn3)oc12. The minimum Gasteiger partial charge on any atom is -0.448 e. The third-order valence-corrected chi connectivity index (χ3v) is 6.40. The van der Waals surface area contributed by atoms with Gasteiger partial charge < -0.3 is 20.0 Å². The summed E-state index contributed by atoms with van der Waals surface area (Å²) in [5, 5.41) is 6.92. The molecule has 0 bridgehead atoms. The van der Waals surface area contributed by atoms with Crippen molar-refractivity contribution in [2.45, 2.75) is 32.6 Å². The summed E-state index contributed by atoms with van der Waals surface area (Å²) >= 11 is 5.88. The molecular weight excluding hydrogens is 440 g/mol. The lowest BCUT2D eigenvalue weighted by molar-refractivity contribution is -0.121. The van der Waals surface area contributed by atoms with Crippen molar-refractivity contribution >= 4 is 45.9 Å². The number of aryl methyl sites for hydroxylation is 1. The first-order valence-electron chi connectivity index (χ1n) is 11.2. The molecule has 2 aromatic heterocycles. The second-order valence-corrected chi connectivity index (χ2v) is 9.48. The summed E-state index contributed by atoms with van der Waals surface area (Å²) in [6.07, 6.45) is 5.19. The van der Waals surface area contributed by atoms with Gasteiger partial charge in [-0.2, -0.15) is 0 Å². The number of para-hydroxylation sites is 1. The van der Waals surface area contributed by atoms with Crippen LogP contribution >= 0.6 is 11.6 Å². The zero-order valence-corrected chi connectivity index (χ0v) is 19.9. The van der Waals surface area contributed by atoms with Crippen LogP contribution in [0, 0.1) is 18.8 Å². The number of anilines is 2. The first-order valence-corrected chi connectivity index (χ1v) is 11.6. The number of amides is 2. The van der Waals surface area contributed by atoms with Crippen molar-refractivity contribution in [1.82, 2.24) is 9.88 Å². The van der Waals surface area contributed by atoms with Crippen LogP contribution in [0.1, 0.15) is 41.8 Å². The van der Waals surface area contributed by atoms with Gasteiger partial charge in [0.2, 0.25) is 11.7 Å². The van der Waals surface area contributed by atoms with Crippen molar-refractivity contribution in [3.63, 3.8) is 0 Å². The number of pyridine rings is 1. The number of halogens is 1. The largest absolute Gasteiger partial charge is 0.448 e. The molecule has 8 heteroatoms. The van der Waals surface area contributed by atoms with Crippen molar-refractivity contribution in [2.75, 3.05) is 31.3 Å². The van der Waals surface area contributed by atoms with Gasteiger partial charge in [0, 0.05) is 24.0 Å². The Hall–Kier alpha value is -2.90. The second-order valence-electron chi connectivity index (χ2n) is 9.04. The van der Waals surface area contributed by atoms with Gasteiger partial charge in [-0.25, -0.2) is 4.98 Å². The lowest BCUT2D eigenvalue weighted by Crippen LogP contribution is -2.31. The van der Waals surface area contributed by atoms with E-state index in [0.717, 1.165) is 37.8 Å². The van der Waals surface area contributed by atoms with E-state index in [9.17, 15) is 9.59 Å². The van der Waals surface area contributed by atoms with Gasteiger partial charge >= 0.3 is 0 Å². The van der Waals surface area contributed by atoms with Crippen LogP contribution in [-0.2, 0) is 4.79 Å². The Morgan fingerprint density at radius 3 is 2.55 bits per heavy atom. The molecule has 2 heterocycles. The Bertz CT molecular complexity index is 1150. The minimum atomic E-state index is -0.481. The van der Waals surface area contributed by atoms with Gasteiger partial charge in [0.1, 0.15) is 17.1 Å². The predicted octanol–water partition coefficient (Wildman–Crippen LogP) is 5.35. The zero-order valence-electron chi connectivity index (χ0n) is 19.2. The van der Waals surface area contributed by atoms with Crippen LogP contribution in [0.25, 0.3) is 11.0 Å². The van der Waals surface area contributed by atoms with E-state index in [1.807, 2.05) is 25.1 Å².